The zero-order valence-electron chi connectivity index (χ0n) is 21.9. The smallest absolute Gasteiger partial charge is 0.219 e. The van der Waals surface area contributed by atoms with E-state index in [-0.39, 0.29) is 18.4 Å². The summed E-state index contributed by atoms with van der Waals surface area (Å²) in [7, 11) is 0. The van der Waals surface area contributed by atoms with Gasteiger partial charge in [-0.3, -0.25) is 9.20 Å². The van der Waals surface area contributed by atoms with Crippen LogP contribution in [0.3, 0.4) is 0 Å². The van der Waals surface area contributed by atoms with E-state index in [1.807, 2.05) is 22.7 Å². The van der Waals surface area contributed by atoms with Crippen molar-refractivity contribution in [1.29, 1.82) is 0 Å². The molecule has 202 valence electrons. The largest absolute Gasteiger partial charge is 0.489 e. The lowest BCUT2D eigenvalue weighted by molar-refractivity contribution is -0.133. The molecule has 40 heavy (non-hydrogen) atoms. The maximum absolute atomic E-state index is 14.3. The van der Waals surface area contributed by atoms with Crippen LogP contribution in [0.4, 0.5) is 10.2 Å². The third kappa shape index (κ3) is 5.00. The van der Waals surface area contributed by atoms with E-state index in [0.29, 0.717) is 53.2 Å². The van der Waals surface area contributed by atoms with Gasteiger partial charge < -0.3 is 20.1 Å². The zero-order chi connectivity index (χ0) is 27.8. The van der Waals surface area contributed by atoms with Crippen LogP contribution in [0.5, 0.6) is 17.2 Å². The number of amides is 1. The fourth-order valence-corrected chi connectivity index (χ4v) is 4.63. The minimum atomic E-state index is -0.483. The summed E-state index contributed by atoms with van der Waals surface area (Å²) >= 11 is 0. The van der Waals surface area contributed by atoms with Gasteiger partial charge in [-0.05, 0) is 31.2 Å². The van der Waals surface area contributed by atoms with Crippen molar-refractivity contribution in [1.82, 2.24) is 29.2 Å². The summed E-state index contributed by atoms with van der Waals surface area (Å²) in [5.41, 5.74) is 9.24. The molecule has 4 heterocycles. The van der Waals surface area contributed by atoms with Crippen molar-refractivity contribution >= 4 is 17.2 Å². The highest BCUT2D eigenvalue weighted by Crippen LogP contribution is 2.35. The SMILES string of the molecule is CC(=O)N1CC(c2nc(-c3ccc(Oc4cc(F)cc(OCc5cnc(C)nc5)c4)cc3)c3c(N)nccn23)C1. The number of fused-ring (bicyclic) bond motifs is 1. The topological polar surface area (TPSA) is 121 Å². The van der Waals surface area contributed by atoms with E-state index in [0.717, 1.165) is 17.0 Å². The van der Waals surface area contributed by atoms with Crippen molar-refractivity contribution in [2.45, 2.75) is 26.4 Å². The molecule has 1 aliphatic heterocycles. The van der Waals surface area contributed by atoms with Crippen LogP contribution in [0.25, 0.3) is 16.8 Å². The number of carbonyl (C=O) groups excluding carboxylic acids is 1. The molecule has 0 saturated carbocycles. The summed E-state index contributed by atoms with van der Waals surface area (Å²) in [5, 5.41) is 0. The Labute approximate surface area is 229 Å². The first-order valence-electron chi connectivity index (χ1n) is 12.7. The molecule has 5 aromatic rings. The molecule has 10 nitrogen and oxygen atoms in total. The van der Waals surface area contributed by atoms with Gasteiger partial charge in [0.25, 0.3) is 0 Å². The quantitative estimate of drug-likeness (QED) is 0.320. The summed E-state index contributed by atoms with van der Waals surface area (Å²) < 4.78 is 27.9. The maximum atomic E-state index is 14.3. The van der Waals surface area contributed by atoms with Gasteiger partial charge in [-0.15, -0.1) is 0 Å². The molecule has 0 radical (unpaired) electrons. The summed E-state index contributed by atoms with van der Waals surface area (Å²) in [6.07, 6.45) is 6.81. The van der Waals surface area contributed by atoms with E-state index in [1.165, 1.54) is 12.1 Å². The number of imidazole rings is 1. The minimum Gasteiger partial charge on any atom is -0.489 e. The lowest BCUT2D eigenvalue weighted by atomic mass is 9.99. The molecule has 0 unspecified atom stereocenters. The van der Waals surface area contributed by atoms with Crippen molar-refractivity contribution in [3.8, 4) is 28.5 Å². The molecule has 2 aromatic carbocycles. The molecule has 0 spiro atoms. The van der Waals surface area contributed by atoms with Gasteiger partial charge in [0.1, 0.15) is 58.3 Å². The molecule has 1 aliphatic rings. The number of nitrogens with zero attached hydrogens (tertiary/aromatic N) is 6. The van der Waals surface area contributed by atoms with Crippen molar-refractivity contribution < 1.29 is 18.7 Å². The normalized spacial score (nSPS) is 13.3. The lowest BCUT2D eigenvalue weighted by Gasteiger charge is -2.37. The number of anilines is 1. The van der Waals surface area contributed by atoms with Gasteiger partial charge in [0, 0.05) is 74.1 Å². The number of hydrogen-bond acceptors (Lipinski definition) is 8. The lowest BCUT2D eigenvalue weighted by Crippen LogP contribution is -2.48. The van der Waals surface area contributed by atoms with Crippen LogP contribution in [-0.2, 0) is 11.4 Å². The number of benzene rings is 2. The van der Waals surface area contributed by atoms with Crippen LogP contribution in [0.1, 0.15) is 30.1 Å². The molecule has 0 bridgehead atoms. The Morgan fingerprint density at radius 3 is 2.50 bits per heavy atom. The zero-order valence-corrected chi connectivity index (χ0v) is 21.9. The van der Waals surface area contributed by atoms with Gasteiger partial charge in [-0.25, -0.2) is 24.3 Å². The van der Waals surface area contributed by atoms with E-state index in [1.54, 1.807) is 55.5 Å². The molecule has 6 rings (SSSR count). The number of aryl methyl sites for hydroxylation is 1. The number of carbonyl (C=O) groups is 1. The first kappa shape index (κ1) is 25.2. The summed E-state index contributed by atoms with van der Waals surface area (Å²) in [5.74, 6) is 2.67. The molecule has 1 fully saturated rings. The van der Waals surface area contributed by atoms with E-state index in [2.05, 4.69) is 15.0 Å². The second-order valence-corrected chi connectivity index (χ2v) is 9.65. The monoisotopic (exact) mass is 539 g/mol. The van der Waals surface area contributed by atoms with E-state index in [4.69, 9.17) is 20.2 Å². The predicted octanol–water partition coefficient (Wildman–Crippen LogP) is 4.53. The third-order valence-electron chi connectivity index (χ3n) is 6.75. The second kappa shape index (κ2) is 10.3. The molecule has 0 aliphatic carbocycles. The number of nitrogens with two attached hydrogens (primary N) is 1. The Kier molecular flexibility index (Phi) is 6.47. The second-order valence-electron chi connectivity index (χ2n) is 9.65. The van der Waals surface area contributed by atoms with E-state index >= 15 is 0 Å². The summed E-state index contributed by atoms with van der Waals surface area (Å²) in [6, 6.07) is 11.5. The number of aromatic nitrogens is 5. The number of rotatable bonds is 7. The number of nitrogen functional groups attached to an aromatic ring is 1. The summed E-state index contributed by atoms with van der Waals surface area (Å²) in [4.78, 5) is 30.9. The van der Waals surface area contributed by atoms with Gasteiger partial charge in [0.15, 0.2) is 0 Å². The van der Waals surface area contributed by atoms with Gasteiger partial charge in [-0.1, -0.05) is 0 Å². The van der Waals surface area contributed by atoms with Crippen molar-refractivity contribution in [2.24, 2.45) is 0 Å². The average Bonchev–Trinajstić information content (AvgIpc) is 3.28. The van der Waals surface area contributed by atoms with Crippen molar-refractivity contribution in [3.63, 3.8) is 0 Å². The predicted molar refractivity (Wildman–Crippen MR) is 145 cm³/mol. The van der Waals surface area contributed by atoms with Crippen molar-refractivity contribution in [2.75, 3.05) is 18.8 Å². The summed E-state index contributed by atoms with van der Waals surface area (Å²) in [6.45, 7) is 4.79. The number of halogens is 1. The minimum absolute atomic E-state index is 0.0481. The Balaban J connectivity index is 1.21. The highest BCUT2D eigenvalue weighted by Gasteiger charge is 2.34. The Bertz CT molecular complexity index is 1700. The Morgan fingerprint density at radius 2 is 1.77 bits per heavy atom. The molecule has 0 atom stereocenters. The van der Waals surface area contributed by atoms with Gasteiger partial charge in [0.05, 0.1) is 5.92 Å². The number of hydrogen-bond donors (Lipinski definition) is 1. The van der Waals surface area contributed by atoms with Crippen LogP contribution in [-0.4, -0.2) is 48.2 Å². The van der Waals surface area contributed by atoms with Crippen LogP contribution >= 0.6 is 0 Å². The maximum Gasteiger partial charge on any atom is 0.219 e. The Morgan fingerprint density at radius 1 is 1.05 bits per heavy atom. The fraction of sp³-hybridized carbons (Fsp3) is 0.207. The highest BCUT2D eigenvalue weighted by molar-refractivity contribution is 5.85. The third-order valence-corrected chi connectivity index (χ3v) is 6.75. The molecule has 3 aromatic heterocycles. The number of likely N-dealkylation sites (tertiary alicyclic amines) is 1. The first-order chi connectivity index (χ1) is 19.3. The molecule has 1 amide bonds. The molecule has 1 saturated heterocycles. The van der Waals surface area contributed by atoms with Crippen molar-refractivity contribution in [3.05, 3.63) is 90.3 Å². The van der Waals surface area contributed by atoms with Crippen LogP contribution in [0.2, 0.25) is 0 Å². The Hall–Kier alpha value is -5.06. The molecule has 2 N–H and O–H groups in total. The van der Waals surface area contributed by atoms with E-state index < -0.39 is 5.82 Å². The highest BCUT2D eigenvalue weighted by atomic mass is 19.1. The van der Waals surface area contributed by atoms with Crippen LogP contribution < -0.4 is 15.2 Å². The molecular weight excluding hydrogens is 513 g/mol. The average molecular weight is 540 g/mol. The van der Waals surface area contributed by atoms with Gasteiger partial charge in [0.2, 0.25) is 5.91 Å². The first-order valence-corrected chi connectivity index (χ1v) is 12.7. The standard InChI is InChI=1S/C29H26FN7O3/c1-17-33-12-19(13-34-17)16-39-24-9-22(30)10-25(11-24)40-23-5-3-20(4-6-23)26-27-28(31)32-7-8-37(27)29(35-26)21-14-36(15-21)18(2)38/h3-13,21H,14-16H2,1-2H3,(H2,31,32). The fourth-order valence-electron chi connectivity index (χ4n) is 4.63. The molecule has 11 heteroatoms. The van der Waals surface area contributed by atoms with Gasteiger partial charge in [-0.2, -0.15) is 0 Å². The van der Waals surface area contributed by atoms with Gasteiger partial charge >= 0.3 is 0 Å². The van der Waals surface area contributed by atoms with Crippen LogP contribution in [0.15, 0.2) is 67.3 Å². The number of ether oxygens (including phenoxy) is 2. The molecular formula is C29H26FN7O3. The van der Waals surface area contributed by atoms with Crippen LogP contribution in [0, 0.1) is 12.7 Å². The van der Waals surface area contributed by atoms with E-state index in [9.17, 15) is 9.18 Å².